The van der Waals surface area contributed by atoms with Crippen molar-refractivity contribution in [2.24, 2.45) is 5.73 Å². The summed E-state index contributed by atoms with van der Waals surface area (Å²) in [6, 6.07) is 6.12. The summed E-state index contributed by atoms with van der Waals surface area (Å²) in [4.78, 5) is 0. The van der Waals surface area contributed by atoms with Crippen molar-refractivity contribution in [3.05, 3.63) is 28.2 Å². The average molecular weight is 300 g/mol. The molecule has 0 heterocycles. The molecular formula is C14H22BrNO. The molecule has 0 atom stereocenters. The van der Waals surface area contributed by atoms with E-state index in [1.54, 1.807) is 0 Å². The van der Waals surface area contributed by atoms with Gasteiger partial charge in [-0.05, 0) is 46.9 Å². The summed E-state index contributed by atoms with van der Waals surface area (Å²) >= 11 is 3.53. The van der Waals surface area contributed by atoms with Gasteiger partial charge in [-0.2, -0.15) is 0 Å². The second kappa shape index (κ2) is 8.54. The van der Waals surface area contributed by atoms with Crippen LogP contribution in [0.4, 0.5) is 0 Å². The maximum absolute atomic E-state index is 5.86. The van der Waals surface area contributed by atoms with Gasteiger partial charge in [-0.25, -0.2) is 0 Å². The summed E-state index contributed by atoms with van der Waals surface area (Å²) < 4.78 is 6.89. The van der Waals surface area contributed by atoms with Gasteiger partial charge in [0.05, 0.1) is 11.1 Å². The molecule has 0 saturated heterocycles. The predicted molar refractivity (Wildman–Crippen MR) is 76.5 cm³/mol. The fraction of sp³-hybridized carbons (Fsp3) is 0.571. The van der Waals surface area contributed by atoms with Gasteiger partial charge in [-0.15, -0.1) is 0 Å². The van der Waals surface area contributed by atoms with E-state index in [1.165, 1.54) is 24.8 Å². The van der Waals surface area contributed by atoms with Crippen LogP contribution < -0.4 is 10.5 Å². The van der Waals surface area contributed by atoms with Gasteiger partial charge in [-0.3, -0.25) is 0 Å². The first kappa shape index (κ1) is 14.5. The molecule has 1 aromatic carbocycles. The van der Waals surface area contributed by atoms with E-state index in [1.807, 2.05) is 12.1 Å². The van der Waals surface area contributed by atoms with E-state index in [4.69, 9.17) is 10.5 Å². The van der Waals surface area contributed by atoms with Crippen molar-refractivity contribution < 1.29 is 4.74 Å². The molecule has 17 heavy (non-hydrogen) atoms. The first-order valence-corrected chi connectivity index (χ1v) is 7.19. The van der Waals surface area contributed by atoms with Crippen molar-refractivity contribution in [2.75, 3.05) is 13.2 Å². The van der Waals surface area contributed by atoms with Crippen LogP contribution in [0.1, 0.15) is 38.2 Å². The molecular weight excluding hydrogens is 278 g/mol. The Hall–Kier alpha value is -0.540. The first-order valence-electron chi connectivity index (χ1n) is 6.39. The molecule has 0 unspecified atom stereocenters. The fourth-order valence-electron chi connectivity index (χ4n) is 1.77. The summed E-state index contributed by atoms with van der Waals surface area (Å²) in [5.41, 5.74) is 6.80. The number of ether oxygens (including phenoxy) is 1. The molecule has 0 aliphatic carbocycles. The minimum Gasteiger partial charge on any atom is -0.492 e. The van der Waals surface area contributed by atoms with Crippen LogP contribution in [0.5, 0.6) is 5.75 Å². The van der Waals surface area contributed by atoms with Crippen molar-refractivity contribution in [1.29, 1.82) is 0 Å². The summed E-state index contributed by atoms with van der Waals surface area (Å²) in [5, 5.41) is 0. The Morgan fingerprint density at radius 2 is 2.06 bits per heavy atom. The Morgan fingerprint density at radius 3 is 2.76 bits per heavy atom. The highest BCUT2D eigenvalue weighted by atomic mass is 79.9. The summed E-state index contributed by atoms with van der Waals surface area (Å²) in [5.74, 6) is 0.967. The van der Waals surface area contributed by atoms with Crippen molar-refractivity contribution in [2.45, 2.75) is 39.0 Å². The molecule has 0 radical (unpaired) electrons. The van der Waals surface area contributed by atoms with E-state index in [0.29, 0.717) is 6.54 Å². The molecule has 0 amide bonds. The third-order valence-corrected chi connectivity index (χ3v) is 3.33. The third-order valence-electron chi connectivity index (χ3n) is 2.71. The number of para-hydroxylation sites is 1. The number of nitrogens with two attached hydrogens (primary N) is 1. The zero-order chi connectivity index (χ0) is 12.5. The highest BCUT2D eigenvalue weighted by molar-refractivity contribution is 9.10. The summed E-state index contributed by atoms with van der Waals surface area (Å²) in [6.45, 7) is 3.66. The van der Waals surface area contributed by atoms with Crippen LogP contribution in [0.25, 0.3) is 0 Å². The molecule has 0 bridgehead atoms. The Morgan fingerprint density at radius 1 is 1.24 bits per heavy atom. The SMILES string of the molecule is CCCCCCOc1c(Br)cccc1CCN. The lowest BCUT2D eigenvalue weighted by atomic mass is 10.1. The number of rotatable bonds is 8. The molecule has 2 N–H and O–H groups in total. The standard InChI is InChI=1S/C14H22BrNO/c1-2-3-4-5-11-17-14-12(9-10-16)7-6-8-13(14)15/h6-8H,2-5,9-11,16H2,1H3. The number of hydrogen-bond acceptors (Lipinski definition) is 2. The zero-order valence-electron chi connectivity index (χ0n) is 10.5. The van der Waals surface area contributed by atoms with Gasteiger partial charge >= 0.3 is 0 Å². The molecule has 1 rings (SSSR count). The Balaban J connectivity index is 2.50. The van der Waals surface area contributed by atoms with Crippen LogP contribution in [0, 0.1) is 0 Å². The van der Waals surface area contributed by atoms with Gasteiger partial charge < -0.3 is 10.5 Å². The van der Waals surface area contributed by atoms with Crippen molar-refractivity contribution in [3.8, 4) is 5.75 Å². The topological polar surface area (TPSA) is 35.2 Å². The summed E-state index contributed by atoms with van der Waals surface area (Å²) in [7, 11) is 0. The smallest absolute Gasteiger partial charge is 0.136 e. The quantitative estimate of drug-likeness (QED) is 0.739. The van der Waals surface area contributed by atoms with Crippen LogP contribution in [-0.2, 0) is 6.42 Å². The number of hydrogen-bond donors (Lipinski definition) is 1. The van der Waals surface area contributed by atoms with Crippen molar-refractivity contribution in [3.63, 3.8) is 0 Å². The highest BCUT2D eigenvalue weighted by Gasteiger charge is 2.07. The normalized spacial score (nSPS) is 10.5. The molecule has 0 aromatic heterocycles. The van der Waals surface area contributed by atoms with E-state index >= 15 is 0 Å². The third kappa shape index (κ3) is 5.09. The maximum atomic E-state index is 5.86. The van der Waals surface area contributed by atoms with Gasteiger partial charge in [0.2, 0.25) is 0 Å². The van der Waals surface area contributed by atoms with Gasteiger partial charge in [0.1, 0.15) is 5.75 Å². The molecule has 0 spiro atoms. The second-order valence-electron chi connectivity index (χ2n) is 4.18. The van der Waals surface area contributed by atoms with Crippen molar-refractivity contribution in [1.82, 2.24) is 0 Å². The van der Waals surface area contributed by atoms with Crippen LogP contribution >= 0.6 is 15.9 Å². The molecule has 0 fully saturated rings. The monoisotopic (exact) mass is 299 g/mol. The summed E-state index contributed by atoms with van der Waals surface area (Å²) in [6.07, 6.45) is 5.77. The number of benzene rings is 1. The average Bonchev–Trinajstić information content (AvgIpc) is 2.32. The van der Waals surface area contributed by atoms with Crippen LogP contribution in [-0.4, -0.2) is 13.2 Å². The molecule has 96 valence electrons. The molecule has 3 heteroatoms. The molecule has 0 saturated carbocycles. The zero-order valence-corrected chi connectivity index (χ0v) is 12.1. The van der Waals surface area contributed by atoms with Crippen LogP contribution in [0.15, 0.2) is 22.7 Å². The lowest BCUT2D eigenvalue weighted by Gasteiger charge is -2.12. The van der Waals surface area contributed by atoms with E-state index in [-0.39, 0.29) is 0 Å². The van der Waals surface area contributed by atoms with Gasteiger partial charge in [0.25, 0.3) is 0 Å². The molecule has 1 aromatic rings. The van der Waals surface area contributed by atoms with E-state index < -0.39 is 0 Å². The van der Waals surface area contributed by atoms with E-state index in [2.05, 4.69) is 28.9 Å². The van der Waals surface area contributed by atoms with Crippen molar-refractivity contribution >= 4 is 15.9 Å². The maximum Gasteiger partial charge on any atom is 0.136 e. The number of halogens is 1. The minimum atomic E-state index is 0.655. The molecule has 0 aliphatic rings. The van der Waals surface area contributed by atoms with Gasteiger partial charge in [-0.1, -0.05) is 38.3 Å². The van der Waals surface area contributed by atoms with Gasteiger partial charge in [0, 0.05) is 0 Å². The van der Waals surface area contributed by atoms with E-state index in [0.717, 1.165) is 29.7 Å². The number of unbranched alkanes of at least 4 members (excludes halogenated alkanes) is 3. The van der Waals surface area contributed by atoms with Crippen LogP contribution in [0.3, 0.4) is 0 Å². The largest absolute Gasteiger partial charge is 0.492 e. The first-order chi connectivity index (χ1) is 8.29. The van der Waals surface area contributed by atoms with E-state index in [9.17, 15) is 0 Å². The predicted octanol–water partition coefficient (Wildman–Crippen LogP) is 3.91. The molecule has 0 aliphatic heterocycles. The Bertz CT molecular complexity index is 328. The lowest BCUT2D eigenvalue weighted by molar-refractivity contribution is 0.300. The fourth-order valence-corrected chi connectivity index (χ4v) is 2.29. The van der Waals surface area contributed by atoms with Crippen LogP contribution in [0.2, 0.25) is 0 Å². The lowest BCUT2D eigenvalue weighted by Crippen LogP contribution is -2.06. The Kier molecular flexibility index (Phi) is 7.29. The second-order valence-corrected chi connectivity index (χ2v) is 5.03. The highest BCUT2D eigenvalue weighted by Crippen LogP contribution is 2.29. The van der Waals surface area contributed by atoms with Gasteiger partial charge in [0.15, 0.2) is 0 Å². The Labute approximate surface area is 113 Å². The molecule has 2 nitrogen and oxygen atoms in total. The minimum absolute atomic E-state index is 0.655.